The molecule has 3 rings (SSSR count). The molecule has 1 aromatic heterocycles. The van der Waals surface area contributed by atoms with Crippen LogP contribution in [0.4, 0.5) is 0 Å². The molecule has 100 valence electrons. The molecule has 0 saturated carbocycles. The van der Waals surface area contributed by atoms with Gasteiger partial charge in [-0.1, -0.05) is 23.7 Å². The monoisotopic (exact) mass is 278 g/mol. The molecule has 4 nitrogen and oxygen atoms in total. The van der Waals surface area contributed by atoms with Crippen LogP contribution in [0, 0.1) is 0 Å². The summed E-state index contributed by atoms with van der Waals surface area (Å²) >= 11 is 6.31. The highest BCUT2D eigenvalue weighted by molar-refractivity contribution is 6.35. The topological polar surface area (TPSA) is 54.3 Å². The quantitative estimate of drug-likeness (QED) is 0.907. The number of para-hydroxylation sites is 1. The van der Waals surface area contributed by atoms with Gasteiger partial charge in [0.25, 0.3) is 0 Å². The third-order valence-corrected chi connectivity index (χ3v) is 3.95. The number of halogens is 1. The summed E-state index contributed by atoms with van der Waals surface area (Å²) < 4.78 is 2.23. The summed E-state index contributed by atoms with van der Waals surface area (Å²) in [6.45, 7) is 2.57. The predicted octanol–water partition coefficient (Wildman–Crippen LogP) is 2.42. The highest BCUT2D eigenvalue weighted by Gasteiger charge is 2.21. The van der Waals surface area contributed by atoms with Crippen molar-refractivity contribution in [2.24, 2.45) is 0 Å². The van der Waals surface area contributed by atoms with Crippen molar-refractivity contribution in [1.29, 1.82) is 0 Å². The number of aromatic nitrogens is 1. The molecule has 0 fully saturated rings. The third kappa shape index (κ3) is 2.11. The number of aliphatic carboxylic acids is 1. The fourth-order valence-electron chi connectivity index (χ4n) is 2.84. The Balaban J connectivity index is 2.19. The van der Waals surface area contributed by atoms with E-state index in [2.05, 4.69) is 9.88 Å². The van der Waals surface area contributed by atoms with Crippen LogP contribution in [0.3, 0.4) is 0 Å². The van der Waals surface area contributed by atoms with Gasteiger partial charge in [0.15, 0.2) is 0 Å². The fraction of sp³-hybridized carbons (Fsp3) is 0.357. The fourth-order valence-corrected chi connectivity index (χ4v) is 3.12. The lowest BCUT2D eigenvalue weighted by Gasteiger charge is -2.18. The van der Waals surface area contributed by atoms with Crippen LogP contribution >= 0.6 is 11.6 Å². The Morgan fingerprint density at radius 1 is 1.47 bits per heavy atom. The number of rotatable bonds is 3. The zero-order valence-electron chi connectivity index (χ0n) is 10.4. The van der Waals surface area contributed by atoms with Crippen LogP contribution in [0.15, 0.2) is 18.2 Å². The van der Waals surface area contributed by atoms with Gasteiger partial charge in [-0.05, 0) is 18.1 Å². The lowest BCUT2D eigenvalue weighted by atomic mass is 10.1. The van der Waals surface area contributed by atoms with Crippen molar-refractivity contribution in [3.8, 4) is 0 Å². The van der Waals surface area contributed by atoms with E-state index in [9.17, 15) is 4.79 Å². The molecule has 0 aliphatic carbocycles. The van der Waals surface area contributed by atoms with Crippen molar-refractivity contribution < 1.29 is 9.90 Å². The molecule has 1 aromatic carbocycles. The SMILES string of the molecule is O=C(O)CCc1c2n(c3c(Cl)cccc13)CCNC2. The Kier molecular flexibility index (Phi) is 3.21. The van der Waals surface area contributed by atoms with Gasteiger partial charge in [-0.2, -0.15) is 0 Å². The van der Waals surface area contributed by atoms with E-state index in [1.807, 2.05) is 18.2 Å². The molecule has 0 amide bonds. The number of nitrogens with one attached hydrogen (secondary N) is 1. The normalized spacial score (nSPS) is 14.6. The van der Waals surface area contributed by atoms with E-state index in [4.69, 9.17) is 16.7 Å². The van der Waals surface area contributed by atoms with Crippen molar-refractivity contribution in [3.63, 3.8) is 0 Å². The number of carbonyl (C=O) groups is 1. The lowest BCUT2D eigenvalue weighted by molar-refractivity contribution is -0.136. The molecule has 0 spiro atoms. The van der Waals surface area contributed by atoms with Crippen LogP contribution in [0.25, 0.3) is 10.9 Å². The molecule has 0 unspecified atom stereocenters. The van der Waals surface area contributed by atoms with Gasteiger partial charge < -0.3 is 15.0 Å². The molecule has 1 aliphatic heterocycles. The second-order valence-electron chi connectivity index (χ2n) is 4.78. The van der Waals surface area contributed by atoms with Crippen LogP contribution in [0.2, 0.25) is 5.02 Å². The summed E-state index contributed by atoms with van der Waals surface area (Å²) in [5, 5.41) is 14.1. The van der Waals surface area contributed by atoms with E-state index in [1.165, 1.54) is 5.69 Å². The van der Waals surface area contributed by atoms with Gasteiger partial charge in [0, 0.05) is 37.1 Å². The Morgan fingerprint density at radius 3 is 3.11 bits per heavy atom. The van der Waals surface area contributed by atoms with Crippen molar-refractivity contribution in [2.45, 2.75) is 25.9 Å². The molecule has 0 atom stereocenters. The largest absolute Gasteiger partial charge is 0.481 e. The number of aryl methyl sites for hydroxylation is 1. The minimum absolute atomic E-state index is 0.151. The molecule has 0 bridgehead atoms. The highest BCUT2D eigenvalue weighted by atomic mass is 35.5. The Hall–Kier alpha value is -1.52. The van der Waals surface area contributed by atoms with Crippen molar-refractivity contribution in [1.82, 2.24) is 9.88 Å². The molecule has 0 radical (unpaired) electrons. The standard InChI is InChI=1S/C14H15ClN2O2/c15-11-3-1-2-10-9(4-5-13(18)19)12-8-16-6-7-17(12)14(10)11/h1-3,16H,4-8H2,(H,18,19). The smallest absolute Gasteiger partial charge is 0.303 e. The van der Waals surface area contributed by atoms with Crippen molar-refractivity contribution in [2.75, 3.05) is 6.54 Å². The second kappa shape index (κ2) is 4.87. The number of fused-ring (bicyclic) bond motifs is 3. The number of carboxylic acid groups (broad SMARTS) is 1. The molecule has 2 aromatic rings. The first-order chi connectivity index (χ1) is 9.18. The van der Waals surface area contributed by atoms with Gasteiger partial charge in [0.05, 0.1) is 10.5 Å². The van der Waals surface area contributed by atoms with Crippen LogP contribution in [-0.2, 0) is 24.3 Å². The molecule has 1 aliphatic rings. The third-order valence-electron chi connectivity index (χ3n) is 3.65. The van der Waals surface area contributed by atoms with E-state index < -0.39 is 5.97 Å². The van der Waals surface area contributed by atoms with Crippen molar-refractivity contribution in [3.05, 3.63) is 34.5 Å². The predicted molar refractivity (Wildman–Crippen MR) is 74.6 cm³/mol. The van der Waals surface area contributed by atoms with E-state index in [1.54, 1.807) is 0 Å². The average Bonchev–Trinajstić information content (AvgIpc) is 2.71. The van der Waals surface area contributed by atoms with Crippen LogP contribution in [0.1, 0.15) is 17.7 Å². The second-order valence-corrected chi connectivity index (χ2v) is 5.19. The summed E-state index contributed by atoms with van der Waals surface area (Å²) in [5.41, 5.74) is 3.34. The molecular weight excluding hydrogens is 264 g/mol. The van der Waals surface area contributed by atoms with Crippen LogP contribution in [0.5, 0.6) is 0 Å². The van der Waals surface area contributed by atoms with Gasteiger partial charge in [0.1, 0.15) is 0 Å². The van der Waals surface area contributed by atoms with Gasteiger partial charge in [0.2, 0.25) is 0 Å². The summed E-state index contributed by atoms with van der Waals surface area (Å²) in [6.07, 6.45) is 0.703. The van der Waals surface area contributed by atoms with Crippen molar-refractivity contribution >= 4 is 28.5 Å². The van der Waals surface area contributed by atoms with Gasteiger partial charge in [-0.3, -0.25) is 4.79 Å². The first kappa shape index (κ1) is 12.5. The Bertz CT molecular complexity index is 648. The Labute approximate surface area is 116 Å². The maximum absolute atomic E-state index is 10.8. The zero-order chi connectivity index (χ0) is 13.4. The number of hydrogen-bond donors (Lipinski definition) is 2. The maximum atomic E-state index is 10.8. The van der Waals surface area contributed by atoms with Gasteiger partial charge >= 0.3 is 5.97 Å². The first-order valence-electron chi connectivity index (χ1n) is 6.39. The van der Waals surface area contributed by atoms with Gasteiger partial charge in [-0.15, -0.1) is 0 Å². The van der Waals surface area contributed by atoms with Crippen LogP contribution < -0.4 is 5.32 Å². The summed E-state index contributed by atoms with van der Waals surface area (Å²) in [4.78, 5) is 10.8. The molecule has 2 N–H and O–H groups in total. The minimum Gasteiger partial charge on any atom is -0.481 e. The molecular formula is C14H15ClN2O2. The van der Waals surface area contributed by atoms with E-state index in [0.717, 1.165) is 41.1 Å². The summed E-state index contributed by atoms with van der Waals surface area (Å²) in [5.74, 6) is -0.765. The number of nitrogens with zero attached hydrogens (tertiary/aromatic N) is 1. The molecule has 19 heavy (non-hydrogen) atoms. The highest BCUT2D eigenvalue weighted by Crippen LogP contribution is 2.33. The first-order valence-corrected chi connectivity index (χ1v) is 6.77. The van der Waals surface area contributed by atoms with E-state index >= 15 is 0 Å². The van der Waals surface area contributed by atoms with Gasteiger partial charge in [-0.25, -0.2) is 0 Å². The number of hydrogen-bond acceptors (Lipinski definition) is 2. The number of carboxylic acids is 1. The average molecular weight is 279 g/mol. The van der Waals surface area contributed by atoms with Crippen LogP contribution in [-0.4, -0.2) is 22.2 Å². The molecule has 2 heterocycles. The zero-order valence-corrected chi connectivity index (χ0v) is 11.2. The lowest BCUT2D eigenvalue weighted by Crippen LogP contribution is -2.28. The van der Waals surface area contributed by atoms with E-state index in [0.29, 0.717) is 6.42 Å². The number of benzene rings is 1. The minimum atomic E-state index is -0.765. The molecule has 5 heteroatoms. The summed E-state index contributed by atoms with van der Waals surface area (Å²) in [6, 6.07) is 5.85. The maximum Gasteiger partial charge on any atom is 0.303 e. The van der Waals surface area contributed by atoms with E-state index in [-0.39, 0.29) is 6.42 Å². The summed E-state index contributed by atoms with van der Waals surface area (Å²) in [7, 11) is 0. The Morgan fingerprint density at radius 2 is 2.32 bits per heavy atom. The molecule has 0 saturated heterocycles.